The van der Waals surface area contributed by atoms with Crippen LogP contribution in [0.4, 0.5) is 0 Å². The van der Waals surface area contributed by atoms with Crippen LogP contribution in [0.1, 0.15) is 62.8 Å². The molecule has 0 aliphatic heterocycles. The summed E-state index contributed by atoms with van der Waals surface area (Å²) in [5.74, 6) is 0. The maximum Gasteiger partial charge on any atom is 0 e. The van der Waals surface area contributed by atoms with E-state index < -0.39 is 0 Å². The summed E-state index contributed by atoms with van der Waals surface area (Å²) in [6.07, 6.45) is 3.65. The second-order valence-electron chi connectivity index (χ2n) is 6.84. The summed E-state index contributed by atoms with van der Waals surface area (Å²) in [6, 6.07) is 17.6. The minimum Gasteiger partial charge on any atom is -0.106 e. The first-order valence-corrected chi connectivity index (χ1v) is 9.01. The van der Waals surface area contributed by atoms with Crippen LogP contribution in [-0.4, -0.2) is 0 Å². The zero-order chi connectivity index (χ0) is 18.6. The largest absolute Gasteiger partial charge is 0.106 e. The van der Waals surface area contributed by atoms with Crippen molar-refractivity contribution in [3.63, 3.8) is 0 Å². The number of hydrogen-bond acceptors (Lipinski definition) is 0. The van der Waals surface area contributed by atoms with Crippen molar-refractivity contribution in [2.45, 2.75) is 66.2 Å². The summed E-state index contributed by atoms with van der Waals surface area (Å²) >= 11 is 0. The fraction of sp³-hybridized carbons (Fsp3) is 0.417. The van der Waals surface area contributed by atoms with Crippen molar-refractivity contribution in [1.29, 1.82) is 0 Å². The molecule has 2 aromatic carbocycles. The van der Waals surface area contributed by atoms with Gasteiger partial charge in [-0.1, -0.05) is 93.8 Å². The minimum atomic E-state index is 0. The van der Waals surface area contributed by atoms with Crippen LogP contribution in [0, 0.1) is 45.0 Å². The van der Waals surface area contributed by atoms with E-state index in [-0.39, 0.29) is 31.1 Å². The van der Waals surface area contributed by atoms with Crippen LogP contribution in [0.5, 0.6) is 0 Å². The topological polar surface area (TPSA) is 0 Å². The zero-order valence-electron chi connectivity index (χ0n) is 17.2. The molecule has 0 saturated carbocycles. The quantitative estimate of drug-likeness (QED) is 0.340. The molecule has 0 atom stereocenters. The van der Waals surface area contributed by atoms with Crippen LogP contribution in [-0.2, 0) is 11.8 Å². The third kappa shape index (κ3) is 10.7. The van der Waals surface area contributed by atoms with Crippen molar-refractivity contribution in [3.05, 3.63) is 83.9 Å². The third-order valence-corrected chi connectivity index (χ3v) is 4.24. The zero-order valence-corrected chi connectivity index (χ0v) is 21.3. The smallest absolute Gasteiger partial charge is 0 e. The van der Waals surface area contributed by atoms with Gasteiger partial charge in [-0.15, -0.1) is 13.2 Å². The summed E-state index contributed by atoms with van der Waals surface area (Å²) in [7, 11) is 0. The Bertz CT molecular complexity index is 550. The maximum absolute atomic E-state index is 3.00. The molecule has 0 radical (unpaired) electrons. The average Bonchev–Trinajstić information content (AvgIpc) is 2.58. The predicted molar refractivity (Wildman–Crippen MR) is 111 cm³/mol. The molecular weight excluding hydrogens is 526 g/mol. The normalized spacial score (nSPS) is 9.68. The molecular formula is C24H36U. The monoisotopic (exact) mass is 562 g/mol. The van der Waals surface area contributed by atoms with Gasteiger partial charge >= 0.3 is 0 Å². The van der Waals surface area contributed by atoms with Gasteiger partial charge in [-0.05, 0) is 43.2 Å². The number of rotatable bonds is 4. The van der Waals surface area contributed by atoms with Crippen molar-refractivity contribution < 1.29 is 31.1 Å². The first kappa shape index (κ1) is 26.5. The van der Waals surface area contributed by atoms with E-state index in [2.05, 4.69) is 103 Å². The molecule has 1 heteroatoms. The van der Waals surface area contributed by atoms with Crippen molar-refractivity contribution in [1.82, 2.24) is 0 Å². The van der Waals surface area contributed by atoms with Crippen molar-refractivity contribution in [2.24, 2.45) is 0 Å². The van der Waals surface area contributed by atoms with Gasteiger partial charge in [0.2, 0.25) is 0 Å². The molecule has 0 fully saturated rings. The Morgan fingerprint density at radius 1 is 0.760 bits per heavy atom. The molecule has 0 spiro atoms. The van der Waals surface area contributed by atoms with Gasteiger partial charge in [0.25, 0.3) is 0 Å². The van der Waals surface area contributed by atoms with Crippen LogP contribution in [0.3, 0.4) is 0 Å². The molecule has 2 aromatic rings. The summed E-state index contributed by atoms with van der Waals surface area (Å²) in [6.45, 7) is 19.3. The van der Waals surface area contributed by atoms with Gasteiger partial charge in [0, 0.05) is 31.1 Å². The Hall–Kier alpha value is -0.768. The fourth-order valence-corrected chi connectivity index (χ4v) is 2.60. The summed E-state index contributed by atoms with van der Waals surface area (Å²) in [4.78, 5) is 0. The standard InChI is InChI=1S/C13H20.C9H12.C2H4.U/c1-5-10-13(3,4)12-8-6-11(2)7-9-12;1-3-9-6-4-8(2)5-7-9;1-2;/h6-9H,5,10H2,1-4H3;4-7H,3H2,1-2H3;1-2H2;. The molecule has 25 heavy (non-hydrogen) atoms. The number of hydrogen-bond donors (Lipinski definition) is 0. The van der Waals surface area contributed by atoms with Gasteiger partial charge in [-0.2, -0.15) is 0 Å². The molecule has 0 heterocycles. The molecule has 2 rings (SSSR count). The van der Waals surface area contributed by atoms with Crippen molar-refractivity contribution in [3.8, 4) is 0 Å². The van der Waals surface area contributed by atoms with Crippen molar-refractivity contribution in [2.75, 3.05) is 0 Å². The molecule has 0 nitrogen and oxygen atoms in total. The molecule has 0 saturated heterocycles. The van der Waals surface area contributed by atoms with E-state index in [0.717, 1.165) is 6.42 Å². The van der Waals surface area contributed by atoms with Crippen LogP contribution in [0.2, 0.25) is 0 Å². The Morgan fingerprint density at radius 3 is 1.52 bits per heavy atom. The van der Waals surface area contributed by atoms with Gasteiger partial charge < -0.3 is 0 Å². The summed E-state index contributed by atoms with van der Waals surface area (Å²) < 4.78 is 0. The van der Waals surface area contributed by atoms with Gasteiger partial charge in [-0.3, -0.25) is 0 Å². The Morgan fingerprint density at radius 2 is 1.16 bits per heavy atom. The first-order chi connectivity index (χ1) is 11.4. The van der Waals surface area contributed by atoms with E-state index in [1.54, 1.807) is 0 Å². The maximum atomic E-state index is 3.00. The molecule has 0 unspecified atom stereocenters. The minimum absolute atomic E-state index is 0. The predicted octanol–water partition coefficient (Wildman–Crippen LogP) is 7.43. The van der Waals surface area contributed by atoms with Crippen LogP contribution < -0.4 is 0 Å². The number of aryl methyl sites for hydroxylation is 3. The van der Waals surface area contributed by atoms with Crippen LogP contribution >= 0.6 is 0 Å². The SMILES string of the molecule is C=C.CCCC(C)(C)c1ccc(C)cc1.CCc1ccc(C)cc1.[U]. The second kappa shape index (κ2) is 14.4. The first-order valence-electron chi connectivity index (χ1n) is 9.01. The van der Waals surface area contributed by atoms with Crippen LogP contribution in [0.15, 0.2) is 61.7 Å². The Kier molecular flexibility index (Phi) is 15.2. The van der Waals surface area contributed by atoms with E-state index in [9.17, 15) is 0 Å². The molecule has 136 valence electrons. The van der Waals surface area contributed by atoms with Gasteiger partial charge in [0.15, 0.2) is 0 Å². The average molecular weight is 563 g/mol. The van der Waals surface area contributed by atoms with Gasteiger partial charge in [-0.25, -0.2) is 0 Å². The van der Waals surface area contributed by atoms with E-state index in [4.69, 9.17) is 0 Å². The van der Waals surface area contributed by atoms with Gasteiger partial charge in [0.05, 0.1) is 0 Å². The molecule has 0 aliphatic rings. The van der Waals surface area contributed by atoms with Crippen LogP contribution in [0.25, 0.3) is 0 Å². The van der Waals surface area contributed by atoms with E-state index in [1.807, 2.05) is 0 Å². The van der Waals surface area contributed by atoms with E-state index in [0.29, 0.717) is 5.41 Å². The Labute approximate surface area is 180 Å². The second-order valence-corrected chi connectivity index (χ2v) is 6.84. The molecule has 0 N–H and O–H groups in total. The van der Waals surface area contributed by atoms with E-state index >= 15 is 0 Å². The molecule has 0 aliphatic carbocycles. The fourth-order valence-electron chi connectivity index (χ4n) is 2.60. The number of benzene rings is 2. The molecule has 0 amide bonds. The van der Waals surface area contributed by atoms with Gasteiger partial charge in [0.1, 0.15) is 0 Å². The third-order valence-electron chi connectivity index (χ3n) is 4.24. The van der Waals surface area contributed by atoms with E-state index in [1.165, 1.54) is 35.1 Å². The van der Waals surface area contributed by atoms with Crippen molar-refractivity contribution >= 4 is 0 Å². The summed E-state index contributed by atoms with van der Waals surface area (Å²) in [5, 5.41) is 0. The molecule has 0 bridgehead atoms. The summed E-state index contributed by atoms with van der Waals surface area (Å²) in [5.41, 5.74) is 5.89. The Balaban J connectivity index is 0. The molecule has 0 aromatic heterocycles.